The van der Waals surface area contributed by atoms with Crippen molar-refractivity contribution in [2.45, 2.75) is 52.2 Å². The highest BCUT2D eigenvalue weighted by Gasteiger charge is 2.23. The largest absolute Gasteiger partial charge is 0.377 e. The Hall–Kier alpha value is -0.840. The molecule has 0 amide bonds. The Morgan fingerprint density at radius 2 is 2.19 bits per heavy atom. The molecule has 1 aromatic heterocycles. The number of pyridine rings is 1. The molecule has 0 aliphatic carbocycles. The van der Waals surface area contributed by atoms with Crippen molar-refractivity contribution in [2.24, 2.45) is 0 Å². The number of hydrogen-bond acceptors (Lipinski definition) is 4. The van der Waals surface area contributed by atoms with Crippen LogP contribution in [0.4, 0.5) is 5.82 Å². The van der Waals surface area contributed by atoms with Gasteiger partial charge in [0.2, 0.25) is 0 Å². The number of anilines is 1. The van der Waals surface area contributed by atoms with Crippen molar-refractivity contribution in [3.05, 3.63) is 22.8 Å². The molecule has 0 spiro atoms. The fourth-order valence-corrected chi connectivity index (χ4v) is 2.57. The molecule has 0 saturated carbocycles. The summed E-state index contributed by atoms with van der Waals surface area (Å²) in [6.45, 7) is 11.7. The van der Waals surface area contributed by atoms with Gasteiger partial charge in [-0.05, 0) is 39.3 Å². The van der Waals surface area contributed by atoms with Crippen molar-refractivity contribution in [1.82, 2.24) is 10.3 Å². The highest BCUT2D eigenvalue weighted by atomic mass is 35.5. The van der Waals surface area contributed by atoms with Crippen LogP contribution in [0.3, 0.4) is 0 Å². The minimum Gasteiger partial charge on any atom is -0.377 e. The Morgan fingerprint density at radius 1 is 1.43 bits per heavy atom. The molecule has 2 rings (SSSR count). The summed E-state index contributed by atoms with van der Waals surface area (Å²) in [4.78, 5) is 7.11. The quantitative estimate of drug-likeness (QED) is 0.926. The van der Waals surface area contributed by atoms with E-state index in [4.69, 9.17) is 21.3 Å². The SMILES string of the molecule is CCC1COCCN1c1ccc(Cl)c(CNC(C)(C)C)n1. The Morgan fingerprint density at radius 3 is 2.86 bits per heavy atom. The maximum Gasteiger partial charge on any atom is 0.129 e. The maximum atomic E-state index is 6.29. The molecule has 1 fully saturated rings. The molecule has 0 bridgehead atoms. The standard InChI is InChI=1S/C16H26ClN3O/c1-5-12-11-21-9-8-20(12)15-7-6-13(17)14(19-15)10-18-16(2,3)4/h6-7,12,18H,5,8-11H2,1-4H3. The number of rotatable bonds is 4. The topological polar surface area (TPSA) is 37.4 Å². The highest BCUT2D eigenvalue weighted by molar-refractivity contribution is 6.31. The fourth-order valence-electron chi connectivity index (χ4n) is 2.40. The van der Waals surface area contributed by atoms with Crippen LogP contribution in [0.15, 0.2) is 12.1 Å². The van der Waals surface area contributed by atoms with Crippen molar-refractivity contribution < 1.29 is 4.74 Å². The molecule has 0 aromatic carbocycles. The zero-order chi connectivity index (χ0) is 15.5. The monoisotopic (exact) mass is 311 g/mol. The van der Waals surface area contributed by atoms with Gasteiger partial charge in [0.1, 0.15) is 5.82 Å². The first-order chi connectivity index (χ1) is 9.90. The summed E-state index contributed by atoms with van der Waals surface area (Å²) in [6, 6.07) is 4.36. The summed E-state index contributed by atoms with van der Waals surface area (Å²) in [7, 11) is 0. The molecule has 1 atom stereocenters. The van der Waals surface area contributed by atoms with Gasteiger partial charge in [0, 0.05) is 18.6 Å². The van der Waals surface area contributed by atoms with E-state index < -0.39 is 0 Å². The second kappa shape index (κ2) is 6.95. The van der Waals surface area contributed by atoms with Crippen LogP contribution in [0.5, 0.6) is 0 Å². The predicted octanol–water partition coefficient (Wildman–Crippen LogP) is 3.24. The third-order valence-electron chi connectivity index (χ3n) is 3.68. The molecular weight excluding hydrogens is 286 g/mol. The summed E-state index contributed by atoms with van der Waals surface area (Å²) in [5, 5.41) is 4.16. The highest BCUT2D eigenvalue weighted by Crippen LogP contribution is 2.23. The van der Waals surface area contributed by atoms with E-state index in [1.54, 1.807) is 0 Å². The summed E-state index contributed by atoms with van der Waals surface area (Å²) >= 11 is 6.29. The van der Waals surface area contributed by atoms with E-state index in [2.05, 4.69) is 37.9 Å². The van der Waals surface area contributed by atoms with Crippen LogP contribution in [-0.4, -0.2) is 36.3 Å². The van der Waals surface area contributed by atoms with Gasteiger partial charge < -0.3 is 15.0 Å². The molecule has 118 valence electrons. The van der Waals surface area contributed by atoms with Crippen LogP contribution in [0, 0.1) is 0 Å². The number of morpholine rings is 1. The molecular formula is C16H26ClN3O. The molecule has 4 nitrogen and oxygen atoms in total. The molecule has 21 heavy (non-hydrogen) atoms. The number of hydrogen-bond donors (Lipinski definition) is 1. The smallest absolute Gasteiger partial charge is 0.129 e. The Balaban J connectivity index is 2.17. The van der Waals surface area contributed by atoms with Gasteiger partial charge in [-0.2, -0.15) is 0 Å². The second-order valence-electron chi connectivity index (χ2n) is 6.53. The van der Waals surface area contributed by atoms with Gasteiger partial charge >= 0.3 is 0 Å². The maximum absolute atomic E-state index is 6.29. The van der Waals surface area contributed by atoms with Gasteiger partial charge in [-0.3, -0.25) is 0 Å². The summed E-state index contributed by atoms with van der Waals surface area (Å²) in [6.07, 6.45) is 1.06. The lowest BCUT2D eigenvalue weighted by atomic mass is 10.1. The van der Waals surface area contributed by atoms with E-state index in [0.717, 1.165) is 42.7 Å². The van der Waals surface area contributed by atoms with Crippen molar-refractivity contribution in [3.8, 4) is 0 Å². The minimum absolute atomic E-state index is 0.0476. The summed E-state index contributed by atoms with van der Waals surface area (Å²) in [5.41, 5.74) is 0.955. The number of nitrogens with zero attached hydrogens (tertiary/aromatic N) is 2. The van der Waals surface area contributed by atoms with Crippen molar-refractivity contribution in [2.75, 3.05) is 24.7 Å². The van der Waals surface area contributed by atoms with E-state index in [9.17, 15) is 0 Å². The molecule has 1 unspecified atom stereocenters. The lowest BCUT2D eigenvalue weighted by Gasteiger charge is -2.36. The Kier molecular flexibility index (Phi) is 5.47. The molecule has 1 aliphatic rings. The van der Waals surface area contributed by atoms with Crippen molar-refractivity contribution in [1.29, 1.82) is 0 Å². The fraction of sp³-hybridized carbons (Fsp3) is 0.688. The van der Waals surface area contributed by atoms with Crippen LogP contribution >= 0.6 is 11.6 Å². The van der Waals surface area contributed by atoms with Gasteiger partial charge in [0.15, 0.2) is 0 Å². The predicted molar refractivity (Wildman–Crippen MR) is 88.1 cm³/mol. The number of aromatic nitrogens is 1. The molecule has 1 N–H and O–H groups in total. The zero-order valence-electron chi connectivity index (χ0n) is 13.4. The van der Waals surface area contributed by atoms with Gasteiger partial charge in [-0.1, -0.05) is 18.5 Å². The van der Waals surface area contributed by atoms with Gasteiger partial charge in [0.25, 0.3) is 0 Å². The number of ether oxygens (including phenoxy) is 1. The normalized spacial score (nSPS) is 19.9. The number of halogens is 1. The van der Waals surface area contributed by atoms with Gasteiger partial charge in [-0.25, -0.2) is 4.98 Å². The first kappa shape index (κ1) is 16.5. The first-order valence-corrected chi connectivity index (χ1v) is 8.03. The first-order valence-electron chi connectivity index (χ1n) is 7.65. The Bertz CT molecular complexity index is 473. The van der Waals surface area contributed by atoms with Crippen molar-refractivity contribution in [3.63, 3.8) is 0 Å². The molecule has 1 saturated heterocycles. The van der Waals surface area contributed by atoms with Crippen LogP contribution in [0.2, 0.25) is 5.02 Å². The molecule has 2 heterocycles. The van der Waals surface area contributed by atoms with E-state index in [-0.39, 0.29) is 5.54 Å². The molecule has 5 heteroatoms. The van der Waals surface area contributed by atoms with Gasteiger partial charge in [-0.15, -0.1) is 0 Å². The second-order valence-corrected chi connectivity index (χ2v) is 6.94. The summed E-state index contributed by atoms with van der Waals surface area (Å²) in [5.74, 6) is 1.00. The van der Waals surface area contributed by atoms with E-state index in [1.807, 2.05) is 12.1 Å². The van der Waals surface area contributed by atoms with E-state index in [0.29, 0.717) is 12.6 Å². The molecule has 0 radical (unpaired) electrons. The lowest BCUT2D eigenvalue weighted by molar-refractivity contribution is 0.0925. The minimum atomic E-state index is 0.0476. The lowest BCUT2D eigenvalue weighted by Crippen LogP contribution is -2.45. The van der Waals surface area contributed by atoms with Crippen LogP contribution in [0.25, 0.3) is 0 Å². The van der Waals surface area contributed by atoms with Crippen LogP contribution < -0.4 is 10.2 Å². The van der Waals surface area contributed by atoms with E-state index in [1.165, 1.54) is 0 Å². The molecule has 1 aliphatic heterocycles. The number of nitrogens with one attached hydrogen (secondary N) is 1. The zero-order valence-corrected chi connectivity index (χ0v) is 14.2. The third kappa shape index (κ3) is 4.56. The average Bonchev–Trinajstić information content (AvgIpc) is 2.45. The van der Waals surface area contributed by atoms with E-state index >= 15 is 0 Å². The van der Waals surface area contributed by atoms with Crippen molar-refractivity contribution >= 4 is 17.4 Å². The Labute approximate surface area is 132 Å². The van der Waals surface area contributed by atoms with Crippen LogP contribution in [0.1, 0.15) is 39.8 Å². The van der Waals surface area contributed by atoms with Crippen LogP contribution in [-0.2, 0) is 11.3 Å². The summed E-state index contributed by atoms with van der Waals surface area (Å²) < 4.78 is 5.56. The van der Waals surface area contributed by atoms with Gasteiger partial charge in [0.05, 0.1) is 30.0 Å². The average molecular weight is 312 g/mol. The third-order valence-corrected chi connectivity index (χ3v) is 4.03. The molecule has 1 aromatic rings.